The number of carbonyl (C=O) groups is 1. The molecule has 0 aromatic carbocycles. The van der Waals surface area contributed by atoms with Crippen molar-refractivity contribution in [2.75, 3.05) is 26.3 Å². The topological polar surface area (TPSA) is 50.4 Å². The van der Waals surface area contributed by atoms with E-state index in [0.717, 1.165) is 45.1 Å². The minimum Gasteiger partial charge on any atom is -0.381 e. The quantitative estimate of drug-likeness (QED) is 0.785. The summed E-state index contributed by atoms with van der Waals surface area (Å²) in [6, 6.07) is 0.0809. The molecule has 2 aliphatic heterocycles. The van der Waals surface area contributed by atoms with Gasteiger partial charge in [-0.25, -0.2) is 0 Å². The highest BCUT2D eigenvalue weighted by atomic mass is 16.5. The Hall–Kier alpha value is -0.610. The van der Waals surface area contributed by atoms with Gasteiger partial charge in [-0.05, 0) is 50.0 Å². The van der Waals surface area contributed by atoms with E-state index in [1.807, 2.05) is 0 Å². The van der Waals surface area contributed by atoms with Gasteiger partial charge in [-0.1, -0.05) is 6.42 Å². The Morgan fingerprint density at radius 2 is 2.06 bits per heavy atom. The number of fused-ring (bicyclic) bond motifs is 1. The van der Waals surface area contributed by atoms with Crippen LogP contribution >= 0.6 is 0 Å². The first-order chi connectivity index (χ1) is 8.84. The zero-order valence-corrected chi connectivity index (χ0v) is 11.0. The summed E-state index contributed by atoms with van der Waals surface area (Å²) in [5.41, 5.74) is 0. The molecule has 1 amide bonds. The number of nitrogens with one attached hydrogen (secondary N) is 2. The third-order valence-corrected chi connectivity index (χ3v) is 4.93. The first-order valence-corrected chi connectivity index (χ1v) is 7.43. The molecule has 18 heavy (non-hydrogen) atoms. The highest BCUT2D eigenvalue weighted by molar-refractivity contribution is 5.82. The van der Waals surface area contributed by atoms with Crippen molar-refractivity contribution in [3.8, 4) is 0 Å². The van der Waals surface area contributed by atoms with Gasteiger partial charge in [0.25, 0.3) is 0 Å². The van der Waals surface area contributed by atoms with E-state index in [-0.39, 0.29) is 11.9 Å². The van der Waals surface area contributed by atoms with Crippen molar-refractivity contribution in [2.45, 2.75) is 38.1 Å². The molecular formula is C14H24N2O2. The Morgan fingerprint density at radius 1 is 1.22 bits per heavy atom. The highest BCUT2D eigenvalue weighted by Crippen LogP contribution is 2.37. The summed E-state index contributed by atoms with van der Waals surface area (Å²) in [6.45, 7) is 3.58. The molecule has 0 spiro atoms. The van der Waals surface area contributed by atoms with Crippen molar-refractivity contribution in [3.05, 3.63) is 0 Å². The summed E-state index contributed by atoms with van der Waals surface area (Å²) in [4.78, 5) is 12.2. The fraction of sp³-hybridized carbons (Fsp3) is 0.929. The van der Waals surface area contributed by atoms with Crippen LogP contribution in [0.3, 0.4) is 0 Å². The Balaban J connectivity index is 1.46. The standard InChI is InChI=1S/C14H24N2O2/c17-14(16-8-10-4-6-18-7-5-10)13-12-3-1-2-11(12)9-15-13/h10-13,15H,1-9H2,(H,16,17). The van der Waals surface area contributed by atoms with E-state index in [1.54, 1.807) is 0 Å². The van der Waals surface area contributed by atoms with Crippen LogP contribution in [0.25, 0.3) is 0 Å². The van der Waals surface area contributed by atoms with Gasteiger partial charge in [0.15, 0.2) is 0 Å². The van der Waals surface area contributed by atoms with Gasteiger partial charge in [0.05, 0.1) is 6.04 Å². The molecule has 0 aromatic heterocycles. The second-order valence-corrected chi connectivity index (χ2v) is 6.04. The van der Waals surface area contributed by atoms with Gasteiger partial charge in [0.1, 0.15) is 0 Å². The Kier molecular flexibility index (Phi) is 3.85. The normalized spacial score (nSPS) is 36.6. The average Bonchev–Trinajstić information content (AvgIpc) is 2.99. The van der Waals surface area contributed by atoms with Crippen molar-refractivity contribution >= 4 is 5.91 Å². The second kappa shape index (κ2) is 5.57. The minimum absolute atomic E-state index is 0.0809. The third kappa shape index (κ3) is 2.54. The Morgan fingerprint density at radius 3 is 2.89 bits per heavy atom. The minimum atomic E-state index is 0.0809. The van der Waals surface area contributed by atoms with Crippen molar-refractivity contribution < 1.29 is 9.53 Å². The Labute approximate surface area is 109 Å². The lowest BCUT2D eigenvalue weighted by molar-refractivity contribution is -0.124. The molecule has 2 saturated heterocycles. The summed E-state index contributed by atoms with van der Waals surface area (Å²) in [7, 11) is 0. The molecule has 3 atom stereocenters. The van der Waals surface area contributed by atoms with Crippen molar-refractivity contribution in [1.82, 2.24) is 10.6 Å². The first kappa shape index (κ1) is 12.4. The number of ether oxygens (including phenoxy) is 1. The van der Waals surface area contributed by atoms with E-state index in [4.69, 9.17) is 4.74 Å². The number of hydrogen-bond donors (Lipinski definition) is 2. The summed E-state index contributed by atoms with van der Waals surface area (Å²) < 4.78 is 5.34. The first-order valence-electron chi connectivity index (χ1n) is 7.43. The number of carbonyl (C=O) groups excluding carboxylic acids is 1. The lowest BCUT2D eigenvalue weighted by atomic mass is 9.93. The molecule has 0 radical (unpaired) electrons. The summed E-state index contributed by atoms with van der Waals surface area (Å²) >= 11 is 0. The smallest absolute Gasteiger partial charge is 0.237 e. The van der Waals surface area contributed by atoms with Gasteiger partial charge < -0.3 is 15.4 Å². The zero-order valence-electron chi connectivity index (χ0n) is 11.0. The van der Waals surface area contributed by atoms with Gasteiger partial charge in [0.2, 0.25) is 5.91 Å². The molecule has 102 valence electrons. The fourth-order valence-corrected chi connectivity index (χ4v) is 3.78. The zero-order chi connectivity index (χ0) is 12.4. The SMILES string of the molecule is O=C(NCC1CCOCC1)C1NCC2CCCC21. The monoisotopic (exact) mass is 252 g/mol. The van der Waals surface area contributed by atoms with Crippen molar-refractivity contribution in [1.29, 1.82) is 0 Å². The molecule has 0 aromatic rings. The van der Waals surface area contributed by atoms with Crippen LogP contribution in [0.4, 0.5) is 0 Å². The van der Waals surface area contributed by atoms with E-state index in [9.17, 15) is 4.79 Å². The summed E-state index contributed by atoms with van der Waals surface area (Å²) in [6.07, 6.45) is 6.02. The molecule has 4 heteroatoms. The number of amides is 1. The number of rotatable bonds is 3. The van der Waals surface area contributed by atoms with Gasteiger partial charge >= 0.3 is 0 Å². The van der Waals surface area contributed by atoms with Crippen molar-refractivity contribution in [3.63, 3.8) is 0 Å². The molecule has 1 aliphatic carbocycles. The molecule has 3 fully saturated rings. The highest BCUT2D eigenvalue weighted by Gasteiger charge is 2.42. The maximum Gasteiger partial charge on any atom is 0.237 e. The molecule has 3 aliphatic rings. The molecule has 2 heterocycles. The van der Waals surface area contributed by atoms with E-state index in [0.29, 0.717) is 11.8 Å². The van der Waals surface area contributed by atoms with Crippen LogP contribution in [-0.2, 0) is 9.53 Å². The summed E-state index contributed by atoms with van der Waals surface area (Å²) in [5, 5.41) is 6.56. The molecule has 4 nitrogen and oxygen atoms in total. The van der Waals surface area contributed by atoms with Crippen LogP contribution in [-0.4, -0.2) is 38.3 Å². The molecule has 1 saturated carbocycles. The van der Waals surface area contributed by atoms with Gasteiger partial charge in [0, 0.05) is 19.8 Å². The molecule has 2 N–H and O–H groups in total. The summed E-state index contributed by atoms with van der Waals surface area (Å²) in [5.74, 6) is 2.20. The van der Waals surface area contributed by atoms with E-state index < -0.39 is 0 Å². The predicted molar refractivity (Wildman–Crippen MR) is 69.2 cm³/mol. The Bertz CT molecular complexity index is 302. The van der Waals surface area contributed by atoms with Crippen LogP contribution in [0.1, 0.15) is 32.1 Å². The van der Waals surface area contributed by atoms with Gasteiger partial charge in [-0.15, -0.1) is 0 Å². The van der Waals surface area contributed by atoms with Crippen LogP contribution in [0, 0.1) is 17.8 Å². The second-order valence-electron chi connectivity index (χ2n) is 6.04. The van der Waals surface area contributed by atoms with E-state index >= 15 is 0 Å². The van der Waals surface area contributed by atoms with Crippen LogP contribution in [0.2, 0.25) is 0 Å². The van der Waals surface area contributed by atoms with Crippen LogP contribution < -0.4 is 10.6 Å². The van der Waals surface area contributed by atoms with Crippen molar-refractivity contribution in [2.24, 2.45) is 17.8 Å². The van der Waals surface area contributed by atoms with Crippen LogP contribution in [0.15, 0.2) is 0 Å². The molecule has 3 rings (SSSR count). The van der Waals surface area contributed by atoms with E-state index in [2.05, 4.69) is 10.6 Å². The maximum absolute atomic E-state index is 12.2. The van der Waals surface area contributed by atoms with Gasteiger partial charge in [-0.3, -0.25) is 4.79 Å². The molecule has 3 unspecified atom stereocenters. The van der Waals surface area contributed by atoms with Crippen LogP contribution in [0.5, 0.6) is 0 Å². The average molecular weight is 252 g/mol. The molecular weight excluding hydrogens is 228 g/mol. The largest absolute Gasteiger partial charge is 0.381 e. The predicted octanol–water partition coefficient (Wildman–Crippen LogP) is 0.917. The molecule has 0 bridgehead atoms. The van der Waals surface area contributed by atoms with E-state index in [1.165, 1.54) is 19.3 Å². The maximum atomic E-state index is 12.2. The lowest BCUT2D eigenvalue weighted by Crippen LogP contribution is -2.45. The number of hydrogen-bond acceptors (Lipinski definition) is 3. The fourth-order valence-electron chi connectivity index (χ4n) is 3.78. The lowest BCUT2D eigenvalue weighted by Gasteiger charge is -2.24. The third-order valence-electron chi connectivity index (χ3n) is 4.93. The van der Waals surface area contributed by atoms with Gasteiger partial charge in [-0.2, -0.15) is 0 Å².